The predicted octanol–water partition coefficient (Wildman–Crippen LogP) is 4.72. The molecule has 0 bridgehead atoms. The second-order valence-corrected chi connectivity index (χ2v) is 8.88. The quantitative estimate of drug-likeness (QED) is 0.358. The Kier molecular flexibility index (Phi) is 8.04. The Morgan fingerprint density at radius 2 is 1.37 bits per heavy atom. The van der Waals surface area contributed by atoms with Gasteiger partial charge in [-0.2, -0.15) is 0 Å². The topological polar surface area (TPSA) is 96.5 Å². The van der Waals surface area contributed by atoms with Crippen LogP contribution < -0.4 is 20.9 Å². The van der Waals surface area contributed by atoms with Crippen molar-refractivity contribution in [1.29, 1.82) is 0 Å². The average Bonchev–Trinajstić information content (AvgIpc) is 2.86. The first kappa shape index (κ1) is 25.2. The van der Waals surface area contributed by atoms with Crippen LogP contribution >= 0.6 is 0 Å². The SMILES string of the molecule is COc1ccccc1C=CC(=O)NNC(=O)c1ccc(NC(=O)c2ccc(C(C)(C)C)cc2)cc1. The summed E-state index contributed by atoms with van der Waals surface area (Å²) in [5.74, 6) is -0.586. The van der Waals surface area contributed by atoms with Crippen LogP contribution in [0.2, 0.25) is 0 Å². The van der Waals surface area contributed by atoms with Gasteiger partial charge in [-0.25, -0.2) is 0 Å². The van der Waals surface area contributed by atoms with Crippen molar-refractivity contribution in [1.82, 2.24) is 10.9 Å². The second-order valence-electron chi connectivity index (χ2n) is 8.88. The van der Waals surface area contributed by atoms with Crippen molar-refractivity contribution in [2.45, 2.75) is 26.2 Å². The summed E-state index contributed by atoms with van der Waals surface area (Å²) >= 11 is 0. The number of anilines is 1. The van der Waals surface area contributed by atoms with Crippen LogP contribution in [-0.4, -0.2) is 24.8 Å². The lowest BCUT2D eigenvalue weighted by Crippen LogP contribution is -2.40. The van der Waals surface area contributed by atoms with Gasteiger partial charge in [-0.3, -0.25) is 25.2 Å². The second kappa shape index (κ2) is 11.2. The van der Waals surface area contributed by atoms with Gasteiger partial charge in [0, 0.05) is 28.5 Å². The number of hydrazine groups is 1. The maximum atomic E-state index is 12.5. The van der Waals surface area contributed by atoms with Crippen LogP contribution in [0.4, 0.5) is 5.69 Å². The molecule has 3 amide bonds. The lowest BCUT2D eigenvalue weighted by Gasteiger charge is -2.19. The molecular weight excluding hydrogens is 442 g/mol. The van der Waals surface area contributed by atoms with Crippen molar-refractivity contribution in [2.75, 3.05) is 12.4 Å². The maximum Gasteiger partial charge on any atom is 0.269 e. The molecular formula is C28H29N3O4. The van der Waals surface area contributed by atoms with Gasteiger partial charge in [0.15, 0.2) is 0 Å². The fourth-order valence-corrected chi connectivity index (χ4v) is 3.23. The summed E-state index contributed by atoms with van der Waals surface area (Å²) in [6.07, 6.45) is 2.89. The number of methoxy groups -OCH3 is 1. The van der Waals surface area contributed by atoms with Gasteiger partial charge < -0.3 is 10.1 Å². The van der Waals surface area contributed by atoms with E-state index in [9.17, 15) is 14.4 Å². The van der Waals surface area contributed by atoms with Gasteiger partial charge in [-0.1, -0.05) is 51.1 Å². The highest BCUT2D eigenvalue weighted by Gasteiger charge is 2.14. The normalized spacial score (nSPS) is 11.1. The van der Waals surface area contributed by atoms with Crippen LogP contribution in [0.3, 0.4) is 0 Å². The molecule has 7 heteroatoms. The van der Waals surface area contributed by atoms with Crippen LogP contribution in [0, 0.1) is 0 Å². The van der Waals surface area contributed by atoms with E-state index in [-0.39, 0.29) is 11.3 Å². The predicted molar refractivity (Wildman–Crippen MR) is 137 cm³/mol. The molecule has 0 aromatic heterocycles. The van der Waals surface area contributed by atoms with Crippen LogP contribution in [0.5, 0.6) is 5.75 Å². The highest BCUT2D eigenvalue weighted by atomic mass is 16.5. The molecule has 0 aliphatic heterocycles. The van der Waals surface area contributed by atoms with E-state index in [2.05, 4.69) is 36.9 Å². The third-order valence-electron chi connectivity index (χ3n) is 5.27. The van der Waals surface area contributed by atoms with Gasteiger partial charge in [0.2, 0.25) is 0 Å². The fourth-order valence-electron chi connectivity index (χ4n) is 3.23. The first-order valence-electron chi connectivity index (χ1n) is 11.1. The lowest BCUT2D eigenvalue weighted by atomic mass is 9.87. The number of benzene rings is 3. The van der Waals surface area contributed by atoms with Crippen molar-refractivity contribution in [3.8, 4) is 5.75 Å². The Morgan fingerprint density at radius 1 is 0.771 bits per heavy atom. The molecule has 0 saturated carbocycles. The largest absolute Gasteiger partial charge is 0.496 e. The molecule has 3 aromatic rings. The van der Waals surface area contributed by atoms with Gasteiger partial charge in [-0.05, 0) is 59.5 Å². The van der Waals surface area contributed by atoms with Crippen LogP contribution in [0.1, 0.15) is 52.6 Å². The number of rotatable bonds is 6. The Balaban J connectivity index is 1.52. The summed E-state index contributed by atoms with van der Waals surface area (Å²) in [7, 11) is 1.55. The fraction of sp³-hybridized carbons (Fsp3) is 0.179. The van der Waals surface area contributed by atoms with E-state index in [1.54, 1.807) is 55.7 Å². The average molecular weight is 472 g/mol. The van der Waals surface area contributed by atoms with Crippen molar-refractivity contribution in [3.05, 3.63) is 101 Å². The zero-order chi connectivity index (χ0) is 25.4. The van der Waals surface area contributed by atoms with E-state index < -0.39 is 11.8 Å². The number of amides is 3. The van der Waals surface area contributed by atoms with Gasteiger partial charge in [0.05, 0.1) is 7.11 Å². The van der Waals surface area contributed by atoms with E-state index in [0.717, 1.165) is 11.1 Å². The third-order valence-corrected chi connectivity index (χ3v) is 5.27. The van der Waals surface area contributed by atoms with E-state index in [1.807, 2.05) is 30.3 Å². The monoisotopic (exact) mass is 471 g/mol. The number of carbonyl (C=O) groups is 3. The molecule has 0 aliphatic carbocycles. The number of carbonyl (C=O) groups excluding carboxylic acids is 3. The summed E-state index contributed by atoms with van der Waals surface area (Å²) in [5, 5.41) is 2.81. The zero-order valence-corrected chi connectivity index (χ0v) is 20.2. The standard InChI is InChI=1S/C28H29N3O4/c1-28(2,3)22-14-9-20(10-15-22)26(33)29-23-16-11-21(12-17-23)27(34)31-30-25(32)18-13-19-7-5-6-8-24(19)35-4/h5-18H,1-4H3,(H,29,33)(H,30,32)(H,31,34). The molecule has 35 heavy (non-hydrogen) atoms. The molecule has 0 fully saturated rings. The first-order valence-corrected chi connectivity index (χ1v) is 11.1. The molecule has 0 aliphatic rings. The first-order chi connectivity index (χ1) is 16.7. The molecule has 0 saturated heterocycles. The zero-order valence-electron chi connectivity index (χ0n) is 20.2. The van der Waals surface area contributed by atoms with Crippen molar-refractivity contribution >= 4 is 29.5 Å². The summed E-state index contributed by atoms with van der Waals surface area (Å²) in [4.78, 5) is 36.9. The molecule has 0 spiro atoms. The molecule has 3 N–H and O–H groups in total. The Bertz CT molecular complexity index is 1220. The highest BCUT2D eigenvalue weighted by Crippen LogP contribution is 2.22. The van der Waals surface area contributed by atoms with Gasteiger partial charge >= 0.3 is 0 Å². The van der Waals surface area contributed by atoms with Crippen LogP contribution in [0.25, 0.3) is 6.08 Å². The minimum Gasteiger partial charge on any atom is -0.496 e. The molecule has 0 unspecified atom stereocenters. The molecule has 3 aromatic carbocycles. The smallest absolute Gasteiger partial charge is 0.269 e. The maximum absolute atomic E-state index is 12.5. The third kappa shape index (κ3) is 7.04. The Hall–Kier alpha value is -4.39. The Labute approximate surface area is 205 Å². The van der Waals surface area contributed by atoms with Crippen molar-refractivity contribution < 1.29 is 19.1 Å². The minimum atomic E-state index is -0.495. The summed E-state index contributed by atoms with van der Waals surface area (Å²) in [6.45, 7) is 6.35. The lowest BCUT2D eigenvalue weighted by molar-refractivity contribution is -0.117. The van der Waals surface area contributed by atoms with E-state index >= 15 is 0 Å². The molecule has 7 nitrogen and oxygen atoms in total. The number of hydrogen-bond donors (Lipinski definition) is 3. The van der Waals surface area contributed by atoms with Crippen molar-refractivity contribution in [3.63, 3.8) is 0 Å². The molecule has 0 heterocycles. The van der Waals surface area contributed by atoms with E-state index in [1.165, 1.54) is 6.08 Å². The number of hydrogen-bond acceptors (Lipinski definition) is 4. The minimum absolute atomic E-state index is 0.0105. The van der Waals surface area contributed by atoms with Gasteiger partial charge in [-0.15, -0.1) is 0 Å². The Morgan fingerprint density at radius 3 is 2.00 bits per heavy atom. The molecule has 180 valence electrons. The van der Waals surface area contributed by atoms with Crippen LogP contribution in [0.15, 0.2) is 78.9 Å². The van der Waals surface area contributed by atoms with E-state index in [0.29, 0.717) is 22.6 Å². The summed E-state index contributed by atoms with van der Waals surface area (Å²) in [5.41, 5.74) is 8.01. The van der Waals surface area contributed by atoms with Crippen molar-refractivity contribution in [2.24, 2.45) is 0 Å². The molecule has 0 radical (unpaired) electrons. The van der Waals surface area contributed by atoms with Crippen LogP contribution in [-0.2, 0) is 10.2 Å². The molecule has 0 atom stereocenters. The highest BCUT2D eigenvalue weighted by molar-refractivity contribution is 6.04. The number of ether oxygens (including phenoxy) is 1. The van der Waals surface area contributed by atoms with E-state index in [4.69, 9.17) is 4.74 Å². The summed E-state index contributed by atoms with van der Waals surface area (Å²) < 4.78 is 5.23. The summed E-state index contributed by atoms with van der Waals surface area (Å²) in [6, 6.07) is 21.1. The van der Waals surface area contributed by atoms with Gasteiger partial charge in [0.25, 0.3) is 17.7 Å². The van der Waals surface area contributed by atoms with Gasteiger partial charge in [0.1, 0.15) is 5.75 Å². The molecule has 3 rings (SSSR count). The number of para-hydroxylation sites is 1. The number of nitrogens with one attached hydrogen (secondary N) is 3.